The average molecular weight is 564 g/mol. The van der Waals surface area contributed by atoms with E-state index in [4.69, 9.17) is 16.3 Å². The summed E-state index contributed by atoms with van der Waals surface area (Å²) in [5.74, 6) is -1.83. The molecule has 3 heterocycles. The molecule has 2 fully saturated rings. The minimum absolute atomic E-state index is 0.222. The molecule has 0 saturated carbocycles. The number of para-hydroxylation sites is 1. The lowest BCUT2D eigenvalue weighted by Gasteiger charge is -2.36. The van der Waals surface area contributed by atoms with Crippen molar-refractivity contribution >= 4 is 62.6 Å². The van der Waals surface area contributed by atoms with E-state index in [0.29, 0.717) is 26.5 Å². The zero-order chi connectivity index (χ0) is 25.1. The summed E-state index contributed by atoms with van der Waals surface area (Å²) in [4.78, 5) is 44.9. The van der Waals surface area contributed by atoms with Gasteiger partial charge in [-0.25, -0.2) is 4.90 Å². The van der Waals surface area contributed by atoms with Crippen molar-refractivity contribution in [3.63, 3.8) is 0 Å². The number of methoxy groups -OCH3 is 1. The molecular weight excluding hydrogens is 544 g/mol. The van der Waals surface area contributed by atoms with E-state index in [1.807, 2.05) is 41.3 Å². The van der Waals surface area contributed by atoms with Gasteiger partial charge in [-0.05, 0) is 70.0 Å². The summed E-state index contributed by atoms with van der Waals surface area (Å²) in [6.07, 6.45) is 3.90. The molecule has 0 aromatic heterocycles. The Bertz CT molecular complexity index is 1450. The number of imide groups is 1. The fourth-order valence-corrected chi connectivity index (χ4v) is 6.32. The number of ketones is 1. The molecule has 36 heavy (non-hydrogen) atoms. The summed E-state index contributed by atoms with van der Waals surface area (Å²) in [5, 5.41) is 0.508. The molecule has 2 amide bonds. The van der Waals surface area contributed by atoms with Gasteiger partial charge in [-0.15, -0.1) is 0 Å². The summed E-state index contributed by atoms with van der Waals surface area (Å²) in [6, 6.07) is 18.2. The lowest BCUT2D eigenvalue weighted by molar-refractivity contribution is -0.122. The Morgan fingerprint density at radius 1 is 0.972 bits per heavy atom. The zero-order valence-corrected chi connectivity index (χ0v) is 21.4. The van der Waals surface area contributed by atoms with Crippen molar-refractivity contribution < 1.29 is 19.1 Å². The number of hydrogen-bond donors (Lipinski definition) is 0. The number of rotatable bonds is 4. The van der Waals surface area contributed by atoms with Gasteiger partial charge in [-0.2, -0.15) is 0 Å². The average Bonchev–Trinajstić information content (AvgIpc) is 3.37. The molecule has 3 aromatic rings. The van der Waals surface area contributed by atoms with Crippen LogP contribution in [0.5, 0.6) is 5.75 Å². The van der Waals surface area contributed by atoms with Crippen molar-refractivity contribution in [3.05, 3.63) is 93.4 Å². The van der Waals surface area contributed by atoms with E-state index in [9.17, 15) is 14.4 Å². The van der Waals surface area contributed by atoms with Crippen molar-refractivity contribution in [1.82, 2.24) is 0 Å². The van der Waals surface area contributed by atoms with E-state index in [0.717, 1.165) is 11.3 Å². The molecule has 4 atom stereocenters. The van der Waals surface area contributed by atoms with E-state index in [2.05, 4.69) is 15.9 Å². The SMILES string of the molecule is COc1ccc(C(=O)C2C3C(=O)N(c4ccc(Cl)cc4)C(=O)C3C3C=Cc4ccccc4N32)cc1Br. The molecule has 0 N–H and O–H groups in total. The number of anilines is 2. The molecular formula is C28H20BrClN2O4. The number of Topliss-reactive ketones (excluding diaryl/α,β-unsaturated/α-hetero) is 1. The number of carbonyl (C=O) groups excluding carboxylic acids is 3. The van der Waals surface area contributed by atoms with Gasteiger partial charge < -0.3 is 9.64 Å². The number of carbonyl (C=O) groups is 3. The van der Waals surface area contributed by atoms with Gasteiger partial charge in [0.2, 0.25) is 11.8 Å². The first-order valence-corrected chi connectivity index (χ1v) is 12.6. The van der Waals surface area contributed by atoms with E-state index < -0.39 is 23.9 Å². The van der Waals surface area contributed by atoms with Crippen LogP contribution in [-0.2, 0) is 9.59 Å². The predicted octanol–water partition coefficient (Wildman–Crippen LogP) is 5.38. The van der Waals surface area contributed by atoms with Crippen LogP contribution in [0, 0.1) is 11.8 Å². The van der Waals surface area contributed by atoms with Gasteiger partial charge in [0.05, 0.1) is 35.1 Å². The Morgan fingerprint density at radius 3 is 2.42 bits per heavy atom. The second-order valence-electron chi connectivity index (χ2n) is 9.01. The first kappa shape index (κ1) is 23.0. The third-order valence-electron chi connectivity index (χ3n) is 7.20. The van der Waals surface area contributed by atoms with Crippen molar-refractivity contribution in [2.45, 2.75) is 12.1 Å². The molecule has 8 heteroatoms. The van der Waals surface area contributed by atoms with Crippen LogP contribution in [0.25, 0.3) is 6.08 Å². The van der Waals surface area contributed by atoms with Crippen LogP contribution in [0.4, 0.5) is 11.4 Å². The van der Waals surface area contributed by atoms with Crippen molar-refractivity contribution in [2.75, 3.05) is 16.9 Å². The summed E-state index contributed by atoms with van der Waals surface area (Å²) < 4.78 is 5.95. The number of hydrogen-bond acceptors (Lipinski definition) is 5. The molecule has 0 aliphatic carbocycles. The first-order chi connectivity index (χ1) is 17.4. The zero-order valence-electron chi connectivity index (χ0n) is 19.1. The molecule has 0 spiro atoms. The molecule has 3 aromatic carbocycles. The Balaban J connectivity index is 1.48. The number of amides is 2. The van der Waals surface area contributed by atoms with Gasteiger partial charge in [0.25, 0.3) is 0 Å². The van der Waals surface area contributed by atoms with Crippen LogP contribution in [0.3, 0.4) is 0 Å². The molecule has 0 bridgehead atoms. The van der Waals surface area contributed by atoms with Crippen LogP contribution in [0.1, 0.15) is 15.9 Å². The first-order valence-electron chi connectivity index (χ1n) is 11.5. The molecule has 180 valence electrons. The standard InChI is InChI=1S/C28H20BrClN2O4/c1-36-22-13-7-16(14-19(22)29)26(33)25-24-23(21-12-6-15-4-2-3-5-20(15)32(21)25)27(34)31(28(24)35)18-10-8-17(30)9-11-18/h2-14,21,23-25H,1H3. The van der Waals surface area contributed by atoms with Crippen LogP contribution in [-0.4, -0.2) is 36.8 Å². The van der Waals surface area contributed by atoms with Crippen molar-refractivity contribution in [1.29, 1.82) is 0 Å². The molecule has 6 nitrogen and oxygen atoms in total. The fraction of sp³-hybridized carbons (Fsp3) is 0.179. The quantitative estimate of drug-likeness (QED) is 0.315. The number of halogens is 2. The second kappa shape index (κ2) is 8.61. The van der Waals surface area contributed by atoms with Crippen LogP contribution < -0.4 is 14.5 Å². The maximum atomic E-state index is 14.1. The smallest absolute Gasteiger partial charge is 0.240 e. The highest BCUT2D eigenvalue weighted by Gasteiger charge is 2.64. The number of ether oxygens (including phenoxy) is 1. The summed E-state index contributed by atoms with van der Waals surface area (Å²) >= 11 is 9.49. The van der Waals surface area contributed by atoms with Crippen LogP contribution >= 0.6 is 27.5 Å². The highest BCUT2D eigenvalue weighted by molar-refractivity contribution is 9.10. The topological polar surface area (TPSA) is 66.9 Å². The monoisotopic (exact) mass is 562 g/mol. The van der Waals surface area contributed by atoms with Gasteiger partial charge in [-0.3, -0.25) is 14.4 Å². The Hall–Kier alpha value is -3.42. The molecule has 3 aliphatic rings. The van der Waals surface area contributed by atoms with E-state index in [1.165, 1.54) is 4.90 Å². The van der Waals surface area contributed by atoms with Crippen LogP contribution in [0.15, 0.2) is 77.3 Å². The number of fused-ring (bicyclic) bond motifs is 5. The summed E-state index contributed by atoms with van der Waals surface area (Å²) in [6.45, 7) is 0. The molecule has 3 aliphatic heterocycles. The lowest BCUT2D eigenvalue weighted by Crippen LogP contribution is -2.48. The maximum absolute atomic E-state index is 14.1. The van der Waals surface area contributed by atoms with Gasteiger partial charge in [0, 0.05) is 16.3 Å². The van der Waals surface area contributed by atoms with Crippen molar-refractivity contribution in [3.8, 4) is 5.75 Å². The van der Waals surface area contributed by atoms with Crippen LogP contribution in [0.2, 0.25) is 5.02 Å². The minimum Gasteiger partial charge on any atom is -0.496 e. The fourth-order valence-electron chi connectivity index (χ4n) is 5.65. The van der Waals surface area contributed by atoms with Gasteiger partial charge in [0.1, 0.15) is 11.8 Å². The molecule has 4 unspecified atom stereocenters. The van der Waals surface area contributed by atoms with Gasteiger partial charge in [-0.1, -0.05) is 42.0 Å². The Kier molecular flexibility index (Phi) is 5.50. The molecule has 6 rings (SSSR count). The van der Waals surface area contributed by atoms with E-state index in [1.54, 1.807) is 49.6 Å². The summed E-state index contributed by atoms with van der Waals surface area (Å²) in [5.41, 5.74) is 2.67. The third kappa shape index (κ3) is 3.33. The molecule has 0 radical (unpaired) electrons. The normalized spacial score (nSPS) is 24.0. The molecule has 2 saturated heterocycles. The van der Waals surface area contributed by atoms with Gasteiger partial charge >= 0.3 is 0 Å². The highest BCUT2D eigenvalue weighted by atomic mass is 79.9. The summed E-state index contributed by atoms with van der Waals surface area (Å²) in [7, 11) is 1.55. The predicted molar refractivity (Wildman–Crippen MR) is 141 cm³/mol. The Morgan fingerprint density at radius 2 is 1.69 bits per heavy atom. The minimum atomic E-state index is -0.847. The largest absolute Gasteiger partial charge is 0.496 e. The maximum Gasteiger partial charge on any atom is 0.240 e. The Labute approximate surface area is 221 Å². The number of benzene rings is 3. The number of nitrogens with zero attached hydrogens (tertiary/aromatic N) is 2. The second-order valence-corrected chi connectivity index (χ2v) is 10.3. The lowest BCUT2D eigenvalue weighted by atomic mass is 9.86. The van der Waals surface area contributed by atoms with E-state index >= 15 is 0 Å². The third-order valence-corrected chi connectivity index (χ3v) is 8.08. The van der Waals surface area contributed by atoms with Crippen molar-refractivity contribution in [2.24, 2.45) is 11.8 Å². The van der Waals surface area contributed by atoms with Gasteiger partial charge in [0.15, 0.2) is 5.78 Å². The highest BCUT2D eigenvalue weighted by Crippen LogP contribution is 2.50. The van der Waals surface area contributed by atoms with E-state index in [-0.39, 0.29) is 17.6 Å².